The predicted molar refractivity (Wildman–Crippen MR) is 52.1 cm³/mol. The number of pyridine rings is 1. The highest BCUT2D eigenvalue weighted by Crippen LogP contribution is 2.26. The van der Waals surface area contributed by atoms with Gasteiger partial charge >= 0.3 is 5.69 Å². The molecule has 0 N–H and O–H groups in total. The molecule has 14 heavy (non-hydrogen) atoms. The Balaban J connectivity index is 3.30. The summed E-state index contributed by atoms with van der Waals surface area (Å²) in [5.74, 6) is 0.129. The van der Waals surface area contributed by atoms with E-state index < -0.39 is 4.92 Å². The van der Waals surface area contributed by atoms with Crippen LogP contribution in [0.3, 0.4) is 0 Å². The summed E-state index contributed by atoms with van der Waals surface area (Å²) < 4.78 is 4.78. The predicted octanol–water partition coefficient (Wildman–Crippen LogP) is 1.73. The lowest BCUT2D eigenvalue weighted by Gasteiger charge is -1.98. The van der Waals surface area contributed by atoms with Gasteiger partial charge in [0.05, 0.1) is 17.2 Å². The van der Waals surface area contributed by atoms with Crippen LogP contribution in [0.25, 0.3) is 0 Å². The second kappa shape index (κ2) is 4.40. The lowest BCUT2D eigenvalue weighted by molar-refractivity contribution is -0.384. The molecule has 0 aliphatic rings. The molecular weight excluding hydrogens is 206 g/mol. The van der Waals surface area contributed by atoms with Gasteiger partial charge in [-0.1, -0.05) is 0 Å². The van der Waals surface area contributed by atoms with E-state index in [-0.39, 0.29) is 17.4 Å². The number of aromatic nitrogens is 1. The maximum atomic E-state index is 10.5. The van der Waals surface area contributed by atoms with Crippen molar-refractivity contribution < 1.29 is 9.66 Å². The summed E-state index contributed by atoms with van der Waals surface area (Å²) in [6.45, 7) is 0. The van der Waals surface area contributed by atoms with E-state index in [1.807, 2.05) is 5.16 Å². The van der Waals surface area contributed by atoms with Crippen molar-refractivity contribution in [2.24, 2.45) is 4.99 Å². The first-order valence-electron chi connectivity index (χ1n) is 3.46. The molecule has 6 nitrogen and oxygen atoms in total. The van der Waals surface area contributed by atoms with Crippen LogP contribution in [0.4, 0.5) is 11.5 Å². The van der Waals surface area contributed by atoms with Crippen LogP contribution in [-0.4, -0.2) is 22.2 Å². The first kappa shape index (κ1) is 10.2. The molecule has 1 heterocycles. The van der Waals surface area contributed by atoms with Gasteiger partial charge in [0, 0.05) is 12.1 Å². The van der Waals surface area contributed by atoms with Crippen LogP contribution < -0.4 is 4.74 Å². The van der Waals surface area contributed by atoms with Gasteiger partial charge in [0.25, 0.3) is 0 Å². The summed E-state index contributed by atoms with van der Waals surface area (Å²) in [5, 5.41) is 12.5. The van der Waals surface area contributed by atoms with Crippen LogP contribution in [0.1, 0.15) is 0 Å². The van der Waals surface area contributed by atoms with Crippen LogP contribution in [-0.2, 0) is 0 Å². The van der Waals surface area contributed by atoms with E-state index in [1.165, 1.54) is 19.2 Å². The number of nitro groups is 1. The van der Waals surface area contributed by atoms with Crippen molar-refractivity contribution in [1.29, 1.82) is 0 Å². The van der Waals surface area contributed by atoms with Gasteiger partial charge in [0.15, 0.2) is 0 Å². The zero-order valence-corrected chi connectivity index (χ0v) is 7.95. The van der Waals surface area contributed by atoms with Crippen molar-refractivity contribution in [1.82, 2.24) is 4.98 Å². The van der Waals surface area contributed by atoms with Crippen LogP contribution >= 0.6 is 12.2 Å². The molecule has 0 saturated carbocycles. The van der Waals surface area contributed by atoms with Crippen LogP contribution in [0.2, 0.25) is 0 Å². The Morgan fingerprint density at radius 1 is 1.71 bits per heavy atom. The number of methoxy groups -OCH3 is 1. The Labute approximate surface area is 84.4 Å². The standard InChI is InChI=1S/C7H5N3O3S/c1-13-6-3-2-5(10(11)12)7(9-6)8-4-14/h2-3H,1H3. The molecule has 0 saturated heterocycles. The van der Waals surface area contributed by atoms with Gasteiger partial charge in [-0.25, -0.2) is 0 Å². The summed E-state index contributed by atoms with van der Waals surface area (Å²) in [4.78, 5) is 17.1. The van der Waals surface area contributed by atoms with Crippen molar-refractivity contribution in [2.75, 3.05) is 7.11 Å². The second-order valence-corrected chi connectivity index (χ2v) is 2.34. The summed E-state index contributed by atoms with van der Waals surface area (Å²) in [6, 6.07) is 2.62. The van der Waals surface area contributed by atoms with E-state index in [0.29, 0.717) is 0 Å². The van der Waals surface area contributed by atoms with Gasteiger partial charge in [-0.05, 0) is 12.2 Å². The first-order valence-corrected chi connectivity index (χ1v) is 3.87. The maximum Gasteiger partial charge on any atom is 0.314 e. The zero-order valence-electron chi connectivity index (χ0n) is 7.13. The molecule has 0 spiro atoms. The van der Waals surface area contributed by atoms with Gasteiger partial charge in [-0.3, -0.25) is 10.1 Å². The number of ether oxygens (including phenoxy) is 1. The molecule has 0 atom stereocenters. The van der Waals surface area contributed by atoms with E-state index in [2.05, 4.69) is 22.2 Å². The second-order valence-electron chi connectivity index (χ2n) is 2.16. The topological polar surface area (TPSA) is 77.6 Å². The molecule has 0 unspecified atom stereocenters. The minimum atomic E-state index is -0.599. The van der Waals surface area contributed by atoms with Gasteiger partial charge < -0.3 is 4.74 Å². The fourth-order valence-corrected chi connectivity index (χ4v) is 0.892. The fourth-order valence-electron chi connectivity index (χ4n) is 0.805. The third-order valence-electron chi connectivity index (χ3n) is 1.39. The summed E-state index contributed by atoms with van der Waals surface area (Å²) in [6.07, 6.45) is 0. The van der Waals surface area contributed by atoms with Crippen LogP contribution in [0.5, 0.6) is 5.88 Å². The average Bonchev–Trinajstić information content (AvgIpc) is 2.17. The molecule has 0 aliphatic carbocycles. The van der Waals surface area contributed by atoms with E-state index in [1.54, 1.807) is 0 Å². The van der Waals surface area contributed by atoms with Crippen molar-refractivity contribution in [3.8, 4) is 5.88 Å². The number of aliphatic imine (C=N–C) groups is 1. The monoisotopic (exact) mass is 211 g/mol. The molecule has 0 bridgehead atoms. The van der Waals surface area contributed by atoms with Crippen molar-refractivity contribution in [3.05, 3.63) is 22.2 Å². The van der Waals surface area contributed by atoms with Gasteiger partial charge in [-0.15, -0.1) is 0 Å². The zero-order chi connectivity index (χ0) is 10.6. The Morgan fingerprint density at radius 3 is 2.93 bits per heavy atom. The summed E-state index contributed by atoms with van der Waals surface area (Å²) in [5.41, 5.74) is -0.233. The quantitative estimate of drug-likeness (QED) is 0.329. The van der Waals surface area contributed by atoms with Crippen LogP contribution in [0.15, 0.2) is 17.1 Å². The van der Waals surface area contributed by atoms with E-state index >= 15 is 0 Å². The third-order valence-corrected chi connectivity index (χ3v) is 1.48. The Kier molecular flexibility index (Phi) is 3.22. The molecule has 72 valence electrons. The third kappa shape index (κ3) is 2.09. The number of rotatable bonds is 3. The minimum absolute atomic E-state index is 0.107. The van der Waals surface area contributed by atoms with Gasteiger partial charge in [-0.2, -0.15) is 9.98 Å². The number of isothiocyanates is 1. The normalized spacial score (nSPS) is 8.93. The van der Waals surface area contributed by atoms with Crippen LogP contribution in [0, 0.1) is 10.1 Å². The lowest BCUT2D eigenvalue weighted by atomic mass is 10.4. The fraction of sp³-hybridized carbons (Fsp3) is 0.143. The molecule has 1 rings (SSSR count). The van der Waals surface area contributed by atoms with E-state index in [0.717, 1.165) is 0 Å². The number of hydrogen-bond donors (Lipinski definition) is 0. The van der Waals surface area contributed by atoms with Crippen molar-refractivity contribution in [3.63, 3.8) is 0 Å². The Hall–Kier alpha value is -1.85. The molecule has 0 amide bonds. The SMILES string of the molecule is COc1ccc([N+](=O)[O-])c(N=C=S)n1. The molecule has 0 aliphatic heterocycles. The average molecular weight is 211 g/mol. The Bertz CT molecular complexity index is 415. The molecule has 0 aromatic carbocycles. The molecule has 1 aromatic heterocycles. The van der Waals surface area contributed by atoms with Crippen molar-refractivity contribution >= 4 is 28.9 Å². The van der Waals surface area contributed by atoms with Gasteiger partial charge in [0.1, 0.15) is 0 Å². The molecule has 0 fully saturated rings. The van der Waals surface area contributed by atoms with Crippen molar-refractivity contribution in [2.45, 2.75) is 0 Å². The highest BCUT2D eigenvalue weighted by Gasteiger charge is 2.15. The van der Waals surface area contributed by atoms with E-state index in [9.17, 15) is 10.1 Å². The lowest BCUT2D eigenvalue weighted by Crippen LogP contribution is -1.93. The number of nitrogens with zero attached hydrogens (tertiary/aromatic N) is 3. The molecule has 7 heteroatoms. The van der Waals surface area contributed by atoms with E-state index in [4.69, 9.17) is 4.74 Å². The summed E-state index contributed by atoms with van der Waals surface area (Å²) in [7, 11) is 1.40. The molecule has 1 aromatic rings. The largest absolute Gasteiger partial charge is 0.481 e. The number of hydrogen-bond acceptors (Lipinski definition) is 6. The minimum Gasteiger partial charge on any atom is -0.481 e. The smallest absolute Gasteiger partial charge is 0.314 e. The molecular formula is C7H5N3O3S. The summed E-state index contributed by atoms with van der Waals surface area (Å²) >= 11 is 4.34. The maximum absolute atomic E-state index is 10.5. The van der Waals surface area contributed by atoms with Gasteiger partial charge in [0.2, 0.25) is 11.7 Å². The first-order chi connectivity index (χ1) is 6.69. The highest BCUT2D eigenvalue weighted by molar-refractivity contribution is 7.78. The number of thiocarbonyl (C=S) groups is 1. The Morgan fingerprint density at radius 2 is 2.43 bits per heavy atom. The molecule has 0 radical (unpaired) electrons. The highest BCUT2D eigenvalue weighted by atomic mass is 32.1.